The number of anilines is 2. The molecule has 0 saturated carbocycles. The molecule has 1 aromatic heterocycles. The predicted molar refractivity (Wildman–Crippen MR) is 124 cm³/mol. The number of piperidine rings is 1. The van der Waals surface area contributed by atoms with E-state index < -0.39 is 12.1 Å². The summed E-state index contributed by atoms with van der Waals surface area (Å²) in [4.78, 5) is 26.8. The van der Waals surface area contributed by atoms with E-state index in [0.717, 1.165) is 11.1 Å². The largest absolute Gasteiger partial charge is 0.478 e. The molecule has 0 spiro atoms. The lowest BCUT2D eigenvalue weighted by atomic mass is 9.99. The highest BCUT2D eigenvalue weighted by molar-refractivity contribution is 5.94. The number of halogens is 1. The Morgan fingerprint density at radius 1 is 1.22 bits per heavy atom. The Morgan fingerprint density at radius 2 is 1.91 bits per heavy atom. The van der Waals surface area contributed by atoms with Gasteiger partial charge in [-0.1, -0.05) is 18.2 Å². The van der Waals surface area contributed by atoms with E-state index in [9.17, 15) is 19.1 Å². The van der Waals surface area contributed by atoms with Crippen LogP contribution in [-0.2, 0) is 0 Å². The van der Waals surface area contributed by atoms with E-state index in [1.54, 1.807) is 31.2 Å². The standard InChI is InChI=1S/C25H27FN2O4/c1-14-12-19(16(3)27-21-7-5-4-6-18(21)25(30)31)23-20(13-14)22(29)15(2)24(32-23)28-10-8-17(26)9-11-28/h4-7,12-13,16-17,27H,8-11H2,1-3H3,(H,30,31)/t16-/m1/s1. The Hall–Kier alpha value is -3.35. The lowest BCUT2D eigenvalue weighted by Crippen LogP contribution is -2.35. The molecule has 6 nitrogen and oxygen atoms in total. The van der Waals surface area contributed by atoms with Crippen molar-refractivity contribution in [2.75, 3.05) is 23.3 Å². The Kier molecular flexibility index (Phi) is 5.91. The molecule has 2 heterocycles. The summed E-state index contributed by atoms with van der Waals surface area (Å²) in [7, 11) is 0. The van der Waals surface area contributed by atoms with E-state index >= 15 is 0 Å². The summed E-state index contributed by atoms with van der Waals surface area (Å²) in [5.74, 6) is -0.534. The molecule has 1 fully saturated rings. The molecule has 168 valence electrons. The van der Waals surface area contributed by atoms with Gasteiger partial charge in [0.05, 0.1) is 22.6 Å². The highest BCUT2D eigenvalue weighted by atomic mass is 19.1. The number of carboxylic acid groups (broad SMARTS) is 1. The minimum absolute atomic E-state index is 0.105. The van der Waals surface area contributed by atoms with Crippen molar-refractivity contribution >= 4 is 28.5 Å². The fourth-order valence-electron chi connectivity index (χ4n) is 4.34. The third-order valence-corrected chi connectivity index (χ3v) is 6.07. The number of carboxylic acids is 1. The van der Waals surface area contributed by atoms with Gasteiger partial charge < -0.3 is 19.7 Å². The van der Waals surface area contributed by atoms with Crippen LogP contribution >= 0.6 is 0 Å². The van der Waals surface area contributed by atoms with Gasteiger partial charge in [-0.2, -0.15) is 0 Å². The number of benzene rings is 2. The van der Waals surface area contributed by atoms with Gasteiger partial charge >= 0.3 is 5.97 Å². The van der Waals surface area contributed by atoms with Gasteiger partial charge in [0.25, 0.3) is 0 Å². The molecule has 3 aromatic rings. The van der Waals surface area contributed by atoms with Gasteiger partial charge in [-0.15, -0.1) is 0 Å². The van der Waals surface area contributed by atoms with Crippen LogP contribution in [0.15, 0.2) is 45.6 Å². The number of nitrogens with zero attached hydrogens (tertiary/aromatic N) is 1. The first-order valence-corrected chi connectivity index (χ1v) is 10.8. The molecule has 2 aromatic carbocycles. The van der Waals surface area contributed by atoms with Crippen molar-refractivity contribution in [3.63, 3.8) is 0 Å². The Balaban J connectivity index is 1.81. The van der Waals surface area contributed by atoms with Gasteiger partial charge in [0.15, 0.2) is 5.43 Å². The molecule has 0 aliphatic carbocycles. The van der Waals surface area contributed by atoms with E-state index in [0.29, 0.717) is 54.0 Å². The van der Waals surface area contributed by atoms with Crippen LogP contribution in [0, 0.1) is 13.8 Å². The summed E-state index contributed by atoms with van der Waals surface area (Å²) in [6, 6.07) is 10.1. The topological polar surface area (TPSA) is 82.8 Å². The summed E-state index contributed by atoms with van der Waals surface area (Å²) in [6.07, 6.45) is -0.00643. The number of fused-ring (bicyclic) bond motifs is 1. The van der Waals surface area contributed by atoms with Crippen molar-refractivity contribution in [3.05, 3.63) is 68.9 Å². The first-order valence-electron chi connectivity index (χ1n) is 10.8. The van der Waals surface area contributed by atoms with Gasteiger partial charge in [-0.25, -0.2) is 9.18 Å². The number of hydrogen-bond acceptors (Lipinski definition) is 5. The second kappa shape index (κ2) is 8.65. The minimum Gasteiger partial charge on any atom is -0.478 e. The average Bonchev–Trinajstić information content (AvgIpc) is 2.77. The lowest BCUT2D eigenvalue weighted by molar-refractivity contribution is 0.0698. The maximum absolute atomic E-state index is 13.6. The van der Waals surface area contributed by atoms with Gasteiger partial charge in [0.1, 0.15) is 11.8 Å². The van der Waals surface area contributed by atoms with Crippen molar-refractivity contribution in [3.8, 4) is 0 Å². The summed E-state index contributed by atoms with van der Waals surface area (Å²) in [6.45, 7) is 6.56. The molecule has 2 N–H and O–H groups in total. The molecular formula is C25H27FN2O4. The number of rotatable bonds is 5. The van der Waals surface area contributed by atoms with Crippen molar-refractivity contribution < 1.29 is 18.7 Å². The third-order valence-electron chi connectivity index (χ3n) is 6.07. The monoisotopic (exact) mass is 438 g/mol. The van der Waals surface area contributed by atoms with Crippen LogP contribution in [0.4, 0.5) is 16.0 Å². The van der Waals surface area contributed by atoms with Crippen LogP contribution < -0.4 is 15.6 Å². The zero-order valence-electron chi connectivity index (χ0n) is 18.4. The Bertz CT molecular complexity index is 1230. The number of aromatic carboxylic acids is 1. The van der Waals surface area contributed by atoms with E-state index in [-0.39, 0.29) is 17.0 Å². The molecule has 1 aliphatic rings. The number of nitrogens with one attached hydrogen (secondary N) is 1. The van der Waals surface area contributed by atoms with E-state index in [4.69, 9.17) is 4.42 Å². The van der Waals surface area contributed by atoms with Gasteiger partial charge in [-0.05, 0) is 57.4 Å². The van der Waals surface area contributed by atoms with Crippen molar-refractivity contribution in [2.45, 2.75) is 45.8 Å². The quantitative estimate of drug-likeness (QED) is 0.568. The average molecular weight is 438 g/mol. The molecule has 1 atom stereocenters. The Labute approximate surface area is 185 Å². The predicted octanol–water partition coefficient (Wildman–Crippen LogP) is 5.22. The van der Waals surface area contributed by atoms with Crippen molar-refractivity contribution in [1.29, 1.82) is 0 Å². The first kappa shape index (κ1) is 21.9. The molecule has 0 amide bonds. The van der Waals surface area contributed by atoms with Gasteiger partial charge in [0.2, 0.25) is 5.88 Å². The summed E-state index contributed by atoms with van der Waals surface area (Å²) >= 11 is 0. The number of para-hydroxylation sites is 1. The third kappa shape index (κ3) is 4.07. The van der Waals surface area contributed by atoms with Crippen molar-refractivity contribution in [1.82, 2.24) is 0 Å². The maximum Gasteiger partial charge on any atom is 0.337 e. The van der Waals surface area contributed by atoms with Gasteiger partial charge in [-0.3, -0.25) is 4.79 Å². The normalized spacial score (nSPS) is 15.7. The zero-order valence-corrected chi connectivity index (χ0v) is 18.4. The van der Waals surface area contributed by atoms with E-state index in [1.807, 2.05) is 30.9 Å². The summed E-state index contributed by atoms with van der Waals surface area (Å²) in [5.41, 5.74) is 3.21. The molecule has 0 radical (unpaired) electrons. The van der Waals surface area contributed by atoms with Crippen LogP contribution in [0.5, 0.6) is 0 Å². The van der Waals surface area contributed by atoms with Crippen LogP contribution in [-0.4, -0.2) is 30.3 Å². The highest BCUT2D eigenvalue weighted by Gasteiger charge is 2.25. The smallest absolute Gasteiger partial charge is 0.337 e. The molecule has 0 unspecified atom stereocenters. The number of aryl methyl sites for hydroxylation is 1. The van der Waals surface area contributed by atoms with Crippen LogP contribution in [0.3, 0.4) is 0 Å². The molecule has 1 aliphatic heterocycles. The van der Waals surface area contributed by atoms with E-state index in [1.165, 1.54) is 0 Å². The SMILES string of the molecule is Cc1cc([C@@H](C)Nc2ccccc2C(=O)O)c2oc(N3CCC(F)CC3)c(C)c(=O)c2c1. The minimum atomic E-state index is -1.02. The molecular weight excluding hydrogens is 411 g/mol. The molecule has 32 heavy (non-hydrogen) atoms. The van der Waals surface area contributed by atoms with E-state index in [2.05, 4.69) is 5.32 Å². The fourth-order valence-corrected chi connectivity index (χ4v) is 4.34. The Morgan fingerprint density at radius 3 is 2.59 bits per heavy atom. The van der Waals surface area contributed by atoms with Crippen LogP contribution in [0.2, 0.25) is 0 Å². The van der Waals surface area contributed by atoms with Crippen LogP contribution in [0.1, 0.15) is 52.9 Å². The fraction of sp³-hybridized carbons (Fsp3) is 0.360. The maximum atomic E-state index is 13.6. The number of carbonyl (C=O) groups is 1. The van der Waals surface area contributed by atoms with Crippen molar-refractivity contribution in [2.24, 2.45) is 0 Å². The number of alkyl halides is 1. The number of hydrogen-bond donors (Lipinski definition) is 2. The summed E-state index contributed by atoms with van der Waals surface area (Å²) < 4.78 is 20.0. The van der Waals surface area contributed by atoms with Gasteiger partial charge in [0, 0.05) is 24.3 Å². The molecule has 4 rings (SSSR count). The first-order chi connectivity index (χ1) is 15.3. The zero-order chi connectivity index (χ0) is 23.0. The molecule has 0 bridgehead atoms. The lowest BCUT2D eigenvalue weighted by Gasteiger charge is -2.30. The van der Waals surface area contributed by atoms with Crippen LogP contribution in [0.25, 0.3) is 11.0 Å². The molecule has 7 heteroatoms. The highest BCUT2D eigenvalue weighted by Crippen LogP contribution is 2.33. The second-order valence-electron chi connectivity index (χ2n) is 8.47. The second-order valence-corrected chi connectivity index (χ2v) is 8.47. The summed E-state index contributed by atoms with van der Waals surface area (Å²) in [5, 5.41) is 13.2. The molecule has 1 saturated heterocycles.